The first-order chi connectivity index (χ1) is 11.1. The molecule has 0 bridgehead atoms. The van der Waals surface area contributed by atoms with Crippen LogP contribution in [0, 0.1) is 17.2 Å². The normalized spacial score (nSPS) is 16.7. The van der Waals surface area contributed by atoms with E-state index in [-0.39, 0.29) is 11.7 Å². The molecular formula is C14H16N6OS2. The van der Waals surface area contributed by atoms with E-state index >= 15 is 0 Å². The molecule has 2 heterocycles. The van der Waals surface area contributed by atoms with Gasteiger partial charge in [0.15, 0.2) is 0 Å². The number of nitriles is 1. The Morgan fingerprint density at radius 3 is 3.13 bits per heavy atom. The maximum Gasteiger partial charge on any atom is 0.235 e. The molecule has 0 fully saturated rings. The topological polar surface area (TPSA) is 96.5 Å². The number of thiophene rings is 1. The van der Waals surface area contributed by atoms with Gasteiger partial charge in [-0.2, -0.15) is 5.26 Å². The second kappa shape index (κ2) is 6.68. The van der Waals surface area contributed by atoms with Gasteiger partial charge < -0.3 is 5.32 Å². The molecule has 0 aliphatic heterocycles. The van der Waals surface area contributed by atoms with E-state index in [0.717, 1.165) is 24.8 Å². The summed E-state index contributed by atoms with van der Waals surface area (Å²) in [5.74, 6) is 0.689. The van der Waals surface area contributed by atoms with E-state index in [1.165, 1.54) is 32.7 Å². The van der Waals surface area contributed by atoms with Crippen LogP contribution in [0.15, 0.2) is 5.16 Å². The van der Waals surface area contributed by atoms with Gasteiger partial charge in [-0.15, -0.1) is 16.4 Å². The fourth-order valence-corrected chi connectivity index (χ4v) is 4.62. The second-order valence-corrected chi connectivity index (χ2v) is 7.64. The monoisotopic (exact) mass is 348 g/mol. The van der Waals surface area contributed by atoms with Crippen molar-refractivity contribution < 1.29 is 4.79 Å². The molecule has 0 radical (unpaired) electrons. The summed E-state index contributed by atoms with van der Waals surface area (Å²) in [6.07, 6.45) is 3.01. The van der Waals surface area contributed by atoms with E-state index in [1.54, 1.807) is 7.05 Å². The molecular weight excluding hydrogens is 332 g/mol. The Balaban J connectivity index is 1.69. The quantitative estimate of drug-likeness (QED) is 0.849. The lowest BCUT2D eigenvalue weighted by Gasteiger charge is -2.17. The molecule has 1 amide bonds. The molecule has 9 heteroatoms. The number of thioether (sulfide) groups is 1. The highest BCUT2D eigenvalue weighted by Gasteiger charge is 2.24. The molecule has 1 N–H and O–H groups in total. The van der Waals surface area contributed by atoms with Crippen LogP contribution in [0.25, 0.3) is 0 Å². The number of anilines is 1. The number of hydrogen-bond acceptors (Lipinski definition) is 7. The van der Waals surface area contributed by atoms with Crippen LogP contribution >= 0.6 is 23.1 Å². The highest BCUT2D eigenvalue weighted by Crippen LogP contribution is 2.39. The Labute approximate surface area is 142 Å². The van der Waals surface area contributed by atoms with E-state index in [1.807, 2.05) is 0 Å². The number of rotatable bonds is 4. The van der Waals surface area contributed by atoms with Crippen molar-refractivity contribution >= 4 is 34.0 Å². The van der Waals surface area contributed by atoms with Gasteiger partial charge >= 0.3 is 0 Å². The zero-order chi connectivity index (χ0) is 16.4. The van der Waals surface area contributed by atoms with Crippen molar-refractivity contribution in [2.45, 2.75) is 31.3 Å². The van der Waals surface area contributed by atoms with Gasteiger partial charge in [-0.25, -0.2) is 4.68 Å². The van der Waals surface area contributed by atoms with Gasteiger partial charge in [0.2, 0.25) is 11.1 Å². The number of fused-ring (bicyclic) bond motifs is 1. The third-order valence-corrected chi connectivity index (χ3v) is 5.97. The van der Waals surface area contributed by atoms with Gasteiger partial charge in [0.05, 0.1) is 11.3 Å². The first kappa shape index (κ1) is 16.0. The Kier molecular flexibility index (Phi) is 4.63. The Hall–Kier alpha value is -1.92. The summed E-state index contributed by atoms with van der Waals surface area (Å²) in [6, 6.07) is 2.26. The molecule has 2 aromatic rings. The van der Waals surface area contributed by atoms with E-state index in [9.17, 15) is 10.1 Å². The summed E-state index contributed by atoms with van der Waals surface area (Å²) in [5.41, 5.74) is 1.76. The molecule has 1 aliphatic rings. The number of aromatic nitrogens is 4. The summed E-state index contributed by atoms with van der Waals surface area (Å²) >= 11 is 2.80. The van der Waals surface area contributed by atoms with Crippen LogP contribution in [0.3, 0.4) is 0 Å². The minimum absolute atomic E-state index is 0.152. The number of hydrogen-bond donors (Lipinski definition) is 1. The standard InChI is InChI=1S/C14H16N6OS2/c1-8-3-4-9-10(6-15)13(23-11(9)5-8)16-12(21)7-22-14-17-18-19-20(14)2/h8H,3-5,7H2,1-2H3,(H,16,21). The minimum atomic E-state index is -0.152. The molecule has 0 spiro atoms. The first-order valence-corrected chi connectivity index (χ1v) is 9.08. The summed E-state index contributed by atoms with van der Waals surface area (Å²) in [6.45, 7) is 2.22. The van der Waals surface area contributed by atoms with Crippen LogP contribution in [0.4, 0.5) is 5.00 Å². The zero-order valence-electron chi connectivity index (χ0n) is 12.9. The predicted molar refractivity (Wildman–Crippen MR) is 88.4 cm³/mol. The number of amides is 1. The molecule has 3 rings (SSSR count). The van der Waals surface area contributed by atoms with Crippen LogP contribution in [0.5, 0.6) is 0 Å². The number of carbonyl (C=O) groups is 1. The van der Waals surface area contributed by atoms with Crippen molar-refractivity contribution in [2.24, 2.45) is 13.0 Å². The largest absolute Gasteiger partial charge is 0.316 e. The molecule has 1 atom stereocenters. The number of aryl methyl sites for hydroxylation is 1. The third kappa shape index (κ3) is 3.38. The lowest BCUT2D eigenvalue weighted by molar-refractivity contribution is -0.113. The molecule has 0 aromatic carbocycles. The van der Waals surface area contributed by atoms with Crippen molar-refractivity contribution in [2.75, 3.05) is 11.1 Å². The van der Waals surface area contributed by atoms with Crippen LogP contribution in [-0.2, 0) is 24.7 Å². The van der Waals surface area contributed by atoms with Gasteiger partial charge in [-0.1, -0.05) is 18.7 Å². The molecule has 0 saturated carbocycles. The lowest BCUT2D eigenvalue weighted by atomic mass is 9.89. The zero-order valence-corrected chi connectivity index (χ0v) is 14.5. The van der Waals surface area contributed by atoms with Crippen LogP contribution < -0.4 is 5.32 Å². The van der Waals surface area contributed by atoms with E-state index in [4.69, 9.17) is 0 Å². The van der Waals surface area contributed by atoms with Crippen LogP contribution in [-0.4, -0.2) is 31.9 Å². The fraction of sp³-hybridized carbons (Fsp3) is 0.500. The van der Waals surface area contributed by atoms with Crippen molar-refractivity contribution in [3.8, 4) is 6.07 Å². The third-order valence-electron chi connectivity index (χ3n) is 3.79. The summed E-state index contributed by atoms with van der Waals surface area (Å²) in [5, 5.41) is 24.6. The van der Waals surface area contributed by atoms with E-state index in [2.05, 4.69) is 33.8 Å². The Bertz CT molecular complexity index is 775. The van der Waals surface area contributed by atoms with Crippen molar-refractivity contribution in [3.63, 3.8) is 0 Å². The van der Waals surface area contributed by atoms with Crippen LogP contribution in [0.2, 0.25) is 0 Å². The first-order valence-electron chi connectivity index (χ1n) is 7.28. The number of tetrazole rings is 1. The number of carbonyl (C=O) groups excluding carboxylic acids is 1. The van der Waals surface area contributed by atoms with Gasteiger partial charge in [-0.05, 0) is 41.2 Å². The maximum atomic E-state index is 12.2. The highest BCUT2D eigenvalue weighted by atomic mass is 32.2. The smallest absolute Gasteiger partial charge is 0.235 e. The fourth-order valence-electron chi connectivity index (χ4n) is 2.59. The Morgan fingerprint density at radius 1 is 1.61 bits per heavy atom. The van der Waals surface area contributed by atoms with Crippen LogP contribution in [0.1, 0.15) is 29.3 Å². The molecule has 120 valence electrons. The number of nitrogens with one attached hydrogen (secondary N) is 1. The minimum Gasteiger partial charge on any atom is -0.316 e. The lowest BCUT2D eigenvalue weighted by Crippen LogP contribution is -2.14. The second-order valence-electron chi connectivity index (χ2n) is 5.59. The Morgan fingerprint density at radius 2 is 2.43 bits per heavy atom. The van der Waals surface area contributed by atoms with Crippen molar-refractivity contribution in [1.82, 2.24) is 20.2 Å². The number of nitrogens with zero attached hydrogens (tertiary/aromatic N) is 5. The molecule has 1 unspecified atom stereocenters. The van der Waals surface area contributed by atoms with E-state index < -0.39 is 0 Å². The highest BCUT2D eigenvalue weighted by molar-refractivity contribution is 7.99. The molecule has 2 aromatic heterocycles. The SMILES string of the molecule is CC1CCc2c(sc(NC(=O)CSc3nnnn3C)c2C#N)C1. The molecule has 7 nitrogen and oxygen atoms in total. The van der Waals surface area contributed by atoms with Gasteiger partial charge in [-0.3, -0.25) is 4.79 Å². The molecule has 0 saturated heterocycles. The summed E-state index contributed by atoms with van der Waals surface area (Å²) in [4.78, 5) is 13.4. The average Bonchev–Trinajstić information content (AvgIpc) is 3.07. The van der Waals surface area contributed by atoms with Crippen molar-refractivity contribution in [1.29, 1.82) is 5.26 Å². The summed E-state index contributed by atoms with van der Waals surface area (Å²) < 4.78 is 1.52. The molecule has 23 heavy (non-hydrogen) atoms. The summed E-state index contributed by atoms with van der Waals surface area (Å²) in [7, 11) is 1.72. The van der Waals surface area contributed by atoms with Crippen molar-refractivity contribution in [3.05, 3.63) is 16.0 Å². The van der Waals surface area contributed by atoms with E-state index in [0.29, 0.717) is 21.6 Å². The van der Waals surface area contributed by atoms with Gasteiger partial charge in [0.1, 0.15) is 11.1 Å². The van der Waals surface area contributed by atoms with Gasteiger partial charge in [0.25, 0.3) is 0 Å². The predicted octanol–water partition coefficient (Wildman–Crippen LogP) is 2.00. The maximum absolute atomic E-state index is 12.2. The molecule has 1 aliphatic carbocycles. The van der Waals surface area contributed by atoms with Gasteiger partial charge in [0, 0.05) is 11.9 Å². The average molecular weight is 348 g/mol.